The van der Waals surface area contributed by atoms with Gasteiger partial charge in [-0.25, -0.2) is 0 Å². The molecule has 1 aliphatic rings. The van der Waals surface area contributed by atoms with E-state index < -0.39 is 22.7 Å². The van der Waals surface area contributed by atoms with Crippen LogP contribution in [0.1, 0.15) is 31.2 Å². The second-order valence-corrected chi connectivity index (χ2v) is 6.28. The van der Waals surface area contributed by atoms with Gasteiger partial charge in [0.15, 0.2) is 0 Å². The molecule has 5 heteroatoms. The standard InChI is InChI=1S/C14H19NO3S/c1-10(14(16)17)11-5-6-12(13(9-11)19(2)18)15-7-3-4-8-15/h5-6,9-10H,3-4,7-8H2,1-2H3,(H,16,17). The molecule has 1 heterocycles. The Balaban J connectivity index is 2.40. The third-order valence-corrected chi connectivity index (χ3v) is 4.56. The molecule has 1 aliphatic heterocycles. The van der Waals surface area contributed by atoms with Crippen molar-refractivity contribution >= 4 is 22.5 Å². The van der Waals surface area contributed by atoms with Crippen molar-refractivity contribution < 1.29 is 14.1 Å². The summed E-state index contributed by atoms with van der Waals surface area (Å²) >= 11 is 0. The van der Waals surface area contributed by atoms with Crippen LogP contribution in [0.5, 0.6) is 0 Å². The zero-order valence-corrected chi connectivity index (χ0v) is 12.1. The van der Waals surface area contributed by atoms with Crippen molar-refractivity contribution in [3.8, 4) is 0 Å². The van der Waals surface area contributed by atoms with Gasteiger partial charge in [0.25, 0.3) is 0 Å². The van der Waals surface area contributed by atoms with Gasteiger partial charge in [-0.05, 0) is 37.5 Å². The number of hydrogen-bond acceptors (Lipinski definition) is 3. The van der Waals surface area contributed by atoms with Crippen LogP contribution in [-0.2, 0) is 15.6 Å². The van der Waals surface area contributed by atoms with E-state index in [1.165, 1.54) is 0 Å². The first-order valence-electron chi connectivity index (χ1n) is 6.46. The third-order valence-electron chi connectivity index (χ3n) is 3.61. The monoisotopic (exact) mass is 281 g/mol. The summed E-state index contributed by atoms with van der Waals surface area (Å²) in [4.78, 5) is 14.0. The van der Waals surface area contributed by atoms with Crippen LogP contribution in [0.3, 0.4) is 0 Å². The molecule has 0 saturated carbocycles. The molecule has 2 atom stereocenters. The highest BCUT2D eigenvalue weighted by molar-refractivity contribution is 7.84. The van der Waals surface area contributed by atoms with Crippen LogP contribution in [0.15, 0.2) is 23.1 Å². The SMILES string of the molecule is CC(C(=O)O)c1ccc(N2CCCC2)c(S(C)=O)c1. The van der Waals surface area contributed by atoms with Crippen molar-refractivity contribution in [2.24, 2.45) is 0 Å². The Hall–Kier alpha value is -1.36. The lowest BCUT2D eigenvalue weighted by molar-refractivity contribution is -0.138. The second kappa shape index (κ2) is 5.74. The van der Waals surface area contributed by atoms with Gasteiger partial charge in [-0.15, -0.1) is 0 Å². The highest BCUT2D eigenvalue weighted by Crippen LogP contribution is 2.30. The summed E-state index contributed by atoms with van der Waals surface area (Å²) in [6.45, 7) is 3.62. The Morgan fingerprint density at radius 3 is 2.53 bits per heavy atom. The molecule has 19 heavy (non-hydrogen) atoms. The van der Waals surface area contributed by atoms with Gasteiger partial charge < -0.3 is 10.0 Å². The maximum atomic E-state index is 11.9. The molecular formula is C14H19NO3S. The largest absolute Gasteiger partial charge is 0.481 e. The fourth-order valence-corrected chi connectivity index (χ4v) is 3.19. The highest BCUT2D eigenvalue weighted by Gasteiger charge is 2.20. The molecule has 0 aliphatic carbocycles. The van der Waals surface area contributed by atoms with Gasteiger partial charge in [0.2, 0.25) is 0 Å². The Bertz CT molecular complexity index is 509. The van der Waals surface area contributed by atoms with E-state index in [9.17, 15) is 9.00 Å². The maximum absolute atomic E-state index is 11.9. The number of carboxylic acid groups (broad SMARTS) is 1. The van der Waals surface area contributed by atoms with Gasteiger partial charge in [-0.2, -0.15) is 0 Å². The van der Waals surface area contributed by atoms with Crippen molar-refractivity contribution in [1.29, 1.82) is 0 Å². The summed E-state index contributed by atoms with van der Waals surface area (Å²) in [5.74, 6) is -1.43. The van der Waals surface area contributed by atoms with Crippen LogP contribution in [0.4, 0.5) is 5.69 Å². The highest BCUT2D eigenvalue weighted by atomic mass is 32.2. The van der Waals surface area contributed by atoms with E-state index in [2.05, 4.69) is 4.90 Å². The Kier molecular flexibility index (Phi) is 4.24. The van der Waals surface area contributed by atoms with E-state index in [1.54, 1.807) is 19.2 Å². The first-order valence-corrected chi connectivity index (χ1v) is 8.01. The van der Waals surface area contributed by atoms with E-state index in [-0.39, 0.29) is 0 Å². The molecule has 1 fully saturated rings. The van der Waals surface area contributed by atoms with Gasteiger partial charge in [0, 0.05) is 19.3 Å². The molecule has 0 aromatic heterocycles. The molecule has 1 aromatic carbocycles. The summed E-state index contributed by atoms with van der Waals surface area (Å²) in [7, 11) is -1.11. The fraction of sp³-hybridized carbons (Fsp3) is 0.500. The molecule has 104 valence electrons. The smallest absolute Gasteiger partial charge is 0.310 e. The number of anilines is 1. The average molecular weight is 281 g/mol. The molecule has 1 N–H and O–H groups in total. The number of hydrogen-bond donors (Lipinski definition) is 1. The average Bonchev–Trinajstić information content (AvgIpc) is 2.90. The van der Waals surface area contributed by atoms with Crippen LogP contribution in [0.25, 0.3) is 0 Å². The third kappa shape index (κ3) is 2.97. The van der Waals surface area contributed by atoms with E-state index >= 15 is 0 Å². The Morgan fingerprint density at radius 2 is 2.00 bits per heavy atom. The first kappa shape index (κ1) is 14.1. The Labute approximate surface area is 115 Å². The zero-order valence-electron chi connectivity index (χ0n) is 11.3. The number of rotatable bonds is 4. The lowest BCUT2D eigenvalue weighted by atomic mass is 10.0. The molecule has 0 radical (unpaired) electrons. The summed E-state index contributed by atoms with van der Waals surface area (Å²) < 4.78 is 11.9. The normalized spacial score (nSPS) is 18.3. The molecule has 0 amide bonds. The van der Waals surface area contributed by atoms with E-state index in [0.717, 1.165) is 36.5 Å². The topological polar surface area (TPSA) is 57.6 Å². The van der Waals surface area contributed by atoms with Gasteiger partial charge in [0.05, 0.1) is 27.3 Å². The zero-order chi connectivity index (χ0) is 14.0. The van der Waals surface area contributed by atoms with Crippen molar-refractivity contribution in [2.75, 3.05) is 24.2 Å². The van der Waals surface area contributed by atoms with E-state index in [4.69, 9.17) is 5.11 Å². The minimum Gasteiger partial charge on any atom is -0.481 e. The van der Waals surface area contributed by atoms with Crippen molar-refractivity contribution in [1.82, 2.24) is 0 Å². The number of nitrogens with zero attached hydrogens (tertiary/aromatic N) is 1. The number of carboxylic acids is 1. The predicted octanol–water partition coefficient (Wildman–Crippen LogP) is 2.21. The van der Waals surface area contributed by atoms with Crippen LogP contribution >= 0.6 is 0 Å². The van der Waals surface area contributed by atoms with Gasteiger partial charge >= 0.3 is 5.97 Å². The van der Waals surface area contributed by atoms with Crippen LogP contribution in [0.2, 0.25) is 0 Å². The lowest BCUT2D eigenvalue weighted by Crippen LogP contribution is -2.20. The number of aliphatic carboxylic acids is 1. The fourth-order valence-electron chi connectivity index (χ4n) is 2.39. The van der Waals surface area contributed by atoms with Gasteiger partial charge in [-0.3, -0.25) is 9.00 Å². The summed E-state index contributed by atoms with van der Waals surface area (Å²) in [5.41, 5.74) is 1.69. The number of carbonyl (C=O) groups is 1. The Morgan fingerprint density at radius 1 is 1.37 bits per heavy atom. The van der Waals surface area contributed by atoms with Crippen molar-refractivity contribution in [3.05, 3.63) is 23.8 Å². The van der Waals surface area contributed by atoms with Gasteiger partial charge in [0.1, 0.15) is 0 Å². The van der Waals surface area contributed by atoms with E-state index in [0.29, 0.717) is 5.56 Å². The molecule has 4 nitrogen and oxygen atoms in total. The van der Waals surface area contributed by atoms with Crippen molar-refractivity contribution in [2.45, 2.75) is 30.6 Å². The minimum absolute atomic E-state index is 0.574. The van der Waals surface area contributed by atoms with E-state index in [1.807, 2.05) is 12.1 Å². The van der Waals surface area contributed by atoms with Crippen LogP contribution in [0, 0.1) is 0 Å². The minimum atomic E-state index is -1.11. The molecule has 0 spiro atoms. The molecule has 0 bridgehead atoms. The summed E-state index contributed by atoms with van der Waals surface area (Å²) in [6, 6.07) is 5.53. The van der Waals surface area contributed by atoms with Crippen molar-refractivity contribution in [3.63, 3.8) is 0 Å². The van der Waals surface area contributed by atoms with Crippen LogP contribution < -0.4 is 4.90 Å². The first-order chi connectivity index (χ1) is 9.00. The molecular weight excluding hydrogens is 262 g/mol. The van der Waals surface area contributed by atoms with Gasteiger partial charge in [-0.1, -0.05) is 6.07 Å². The summed E-state index contributed by atoms with van der Waals surface area (Å²) in [6.07, 6.45) is 3.95. The summed E-state index contributed by atoms with van der Waals surface area (Å²) in [5, 5.41) is 9.06. The quantitative estimate of drug-likeness (QED) is 0.919. The second-order valence-electron chi connectivity index (χ2n) is 4.94. The molecule has 1 aromatic rings. The molecule has 2 rings (SSSR count). The molecule has 1 saturated heterocycles. The molecule has 2 unspecified atom stereocenters. The predicted molar refractivity (Wildman–Crippen MR) is 76.3 cm³/mol. The lowest BCUT2D eigenvalue weighted by Gasteiger charge is -2.21. The van der Waals surface area contributed by atoms with Crippen LogP contribution in [-0.4, -0.2) is 34.6 Å². The maximum Gasteiger partial charge on any atom is 0.310 e. The number of benzene rings is 1.